The van der Waals surface area contributed by atoms with Crippen molar-refractivity contribution in [2.75, 3.05) is 0 Å². The van der Waals surface area contributed by atoms with Crippen molar-refractivity contribution < 1.29 is 74.2 Å². The van der Waals surface area contributed by atoms with E-state index in [9.17, 15) is 19.8 Å². The van der Waals surface area contributed by atoms with Gasteiger partial charge in [-0.05, 0) is 0 Å². The Morgan fingerprint density at radius 1 is 0.870 bits per heavy atom. The normalized spacial score (nSPS) is 8.43. The van der Waals surface area contributed by atoms with Gasteiger partial charge in [0.25, 0.3) is 0 Å². The zero-order chi connectivity index (χ0) is 15.1. The third-order valence-corrected chi connectivity index (χ3v) is 2.27. The van der Waals surface area contributed by atoms with E-state index in [0.717, 1.165) is 0 Å². The molecule has 2 rings (SSSR count). The van der Waals surface area contributed by atoms with Crippen molar-refractivity contribution in [1.29, 1.82) is 0 Å². The summed E-state index contributed by atoms with van der Waals surface area (Å²) in [5.74, 6) is -2.15. The number of imidazole rings is 2. The van der Waals surface area contributed by atoms with E-state index in [1.54, 1.807) is 46.6 Å². The number of hydrogen-bond donors (Lipinski definition) is 0. The van der Waals surface area contributed by atoms with E-state index in [1.807, 2.05) is 14.1 Å². The molecule has 23 heavy (non-hydrogen) atoms. The zero-order valence-corrected chi connectivity index (χ0v) is 15.4. The summed E-state index contributed by atoms with van der Waals surface area (Å²) in [4.78, 5) is 20.1. The molecule has 0 aliphatic carbocycles. The minimum atomic E-state index is -1.07. The number of aliphatic carboxylic acids is 2. The number of carbonyl (C=O) groups excluding carboxylic acids is 2. The van der Waals surface area contributed by atoms with Crippen molar-refractivity contribution in [2.24, 2.45) is 14.1 Å². The fourth-order valence-electron chi connectivity index (χ4n) is 1.49. The molecule has 2 aromatic rings. The van der Waals surface area contributed by atoms with Crippen LogP contribution in [0.4, 0.5) is 0 Å². The molecule has 2 aromatic heterocycles. The second-order valence-electron chi connectivity index (χ2n) is 4.25. The quantitative estimate of drug-likeness (QED) is 0.336. The second-order valence-corrected chi connectivity index (χ2v) is 4.25. The van der Waals surface area contributed by atoms with Gasteiger partial charge in [0.05, 0.1) is 26.0 Å². The molecule has 0 fully saturated rings. The first-order valence-electron chi connectivity index (χ1n) is 5.78. The van der Waals surface area contributed by atoms with Gasteiger partial charge < -0.3 is 44.6 Å². The van der Waals surface area contributed by atoms with Gasteiger partial charge in [-0.1, -0.05) is 0 Å². The van der Waals surface area contributed by atoms with Gasteiger partial charge in [-0.15, -0.1) is 0 Å². The van der Waals surface area contributed by atoms with E-state index in [4.69, 9.17) is 0 Å². The van der Waals surface area contributed by atoms with Gasteiger partial charge in [0.1, 0.15) is 37.9 Å². The van der Waals surface area contributed by atoms with Crippen molar-refractivity contribution in [2.45, 2.75) is 13.1 Å². The van der Waals surface area contributed by atoms with Crippen LogP contribution in [0.2, 0.25) is 0 Å². The summed E-state index contributed by atoms with van der Waals surface area (Å²) in [6, 6.07) is 0. The van der Waals surface area contributed by atoms with Crippen LogP contribution in [-0.2, 0) is 57.2 Å². The van der Waals surface area contributed by atoms with Crippen LogP contribution in [0.3, 0.4) is 0 Å². The molecular formula is C12H16Cl2N4O4Pd. The molecule has 0 aromatic carbocycles. The fraction of sp³-hybridized carbons (Fsp3) is 0.333. The van der Waals surface area contributed by atoms with Crippen LogP contribution in [0.25, 0.3) is 0 Å². The summed E-state index contributed by atoms with van der Waals surface area (Å²) in [6.07, 6.45) is 10.2. The molecule has 11 heteroatoms. The number of nitrogens with zero attached hydrogens (tertiary/aromatic N) is 4. The standard InChI is InChI=1S/2C6H8N2O2.2ClH.Pd/c2*1-7-2-3-8(5-7)4-6(9)10;;;/h2*2-3,5H,4H2,1H3;2*1H;/q;;;;+2/p-2. The van der Waals surface area contributed by atoms with E-state index in [2.05, 4.69) is 0 Å². The van der Waals surface area contributed by atoms with E-state index in [-0.39, 0.29) is 58.3 Å². The monoisotopic (exact) mass is 456 g/mol. The van der Waals surface area contributed by atoms with E-state index < -0.39 is 11.9 Å². The molecule has 0 atom stereocenters. The van der Waals surface area contributed by atoms with Crippen molar-refractivity contribution in [3.63, 3.8) is 0 Å². The van der Waals surface area contributed by atoms with Crippen LogP contribution < -0.4 is 44.2 Å². The molecule has 132 valence electrons. The van der Waals surface area contributed by atoms with Gasteiger partial charge in [0, 0.05) is 0 Å². The van der Waals surface area contributed by atoms with E-state index in [0.29, 0.717) is 0 Å². The molecule has 0 N–H and O–H groups in total. The second kappa shape index (κ2) is 13.1. The molecule has 0 bridgehead atoms. The minimum Gasteiger partial charge on any atom is -1.00 e. The van der Waals surface area contributed by atoms with Crippen LogP contribution in [0.5, 0.6) is 0 Å². The van der Waals surface area contributed by atoms with Crippen molar-refractivity contribution in [1.82, 2.24) is 9.13 Å². The maximum absolute atomic E-state index is 10.0. The molecule has 0 radical (unpaired) electrons. The molecule has 0 unspecified atom stereocenters. The number of carbonyl (C=O) groups is 2. The topological polar surface area (TPSA) is 97.9 Å². The SMILES string of the molecule is C[n+]1ccn(CC(=O)[O-])c1.C[n+]1ccn(CC(=O)[O-])c1.[Cl-].[Cl-].[Pd+2]. The maximum Gasteiger partial charge on any atom is 2.00 e. The van der Waals surface area contributed by atoms with Crippen molar-refractivity contribution in [3.8, 4) is 0 Å². The Bertz CT molecular complexity index is 551. The Morgan fingerprint density at radius 3 is 1.35 bits per heavy atom. The van der Waals surface area contributed by atoms with E-state index >= 15 is 0 Å². The smallest absolute Gasteiger partial charge is 1.00 e. The third-order valence-electron chi connectivity index (χ3n) is 2.27. The average Bonchev–Trinajstić information content (AvgIpc) is 2.87. The molecule has 8 nitrogen and oxygen atoms in total. The van der Waals surface area contributed by atoms with Gasteiger partial charge in [0.15, 0.2) is 0 Å². The number of aryl methyl sites for hydroxylation is 2. The zero-order valence-electron chi connectivity index (χ0n) is 12.4. The summed E-state index contributed by atoms with van der Waals surface area (Å²) < 4.78 is 6.61. The van der Waals surface area contributed by atoms with Crippen LogP contribution in [-0.4, -0.2) is 21.1 Å². The van der Waals surface area contributed by atoms with Crippen molar-refractivity contribution >= 4 is 11.9 Å². The molecular weight excluding hydrogens is 441 g/mol. The number of rotatable bonds is 4. The number of carboxylic acid groups (broad SMARTS) is 2. The molecule has 2 heterocycles. The Morgan fingerprint density at radius 2 is 1.17 bits per heavy atom. The average molecular weight is 458 g/mol. The largest absolute Gasteiger partial charge is 2.00 e. The fourth-order valence-corrected chi connectivity index (χ4v) is 1.49. The molecule has 0 spiro atoms. The summed E-state index contributed by atoms with van der Waals surface area (Å²) >= 11 is 0. The van der Waals surface area contributed by atoms with Gasteiger partial charge in [-0.25, -0.2) is 18.3 Å². The molecule has 0 aliphatic heterocycles. The summed E-state index contributed by atoms with van der Waals surface area (Å²) in [7, 11) is 3.65. The van der Waals surface area contributed by atoms with Crippen LogP contribution in [0, 0.1) is 0 Å². The Hall–Kier alpha value is -1.40. The maximum atomic E-state index is 10.0. The van der Waals surface area contributed by atoms with Gasteiger partial charge in [0.2, 0.25) is 12.7 Å². The molecule has 0 saturated heterocycles. The summed E-state index contributed by atoms with van der Waals surface area (Å²) in [5.41, 5.74) is 0. The van der Waals surface area contributed by atoms with Crippen LogP contribution >= 0.6 is 0 Å². The first-order valence-corrected chi connectivity index (χ1v) is 5.78. The van der Waals surface area contributed by atoms with Crippen LogP contribution in [0.15, 0.2) is 37.4 Å². The Balaban J connectivity index is -0.000000308. The first kappa shape index (κ1) is 26.5. The minimum absolute atomic E-state index is 0. The Labute approximate surface area is 159 Å². The summed E-state index contributed by atoms with van der Waals surface area (Å²) in [5, 5.41) is 20.1. The third kappa shape index (κ3) is 11.8. The Kier molecular flexibility index (Phi) is 15.1. The van der Waals surface area contributed by atoms with Crippen molar-refractivity contribution in [3.05, 3.63) is 37.4 Å². The predicted molar refractivity (Wildman–Crippen MR) is 61.2 cm³/mol. The van der Waals surface area contributed by atoms with Crippen LogP contribution in [0.1, 0.15) is 0 Å². The molecule has 0 saturated carbocycles. The molecule has 0 aliphatic rings. The number of aromatic nitrogens is 4. The van der Waals surface area contributed by atoms with Gasteiger partial charge in [-0.3, -0.25) is 0 Å². The molecule has 0 amide bonds. The predicted octanol–water partition coefficient (Wildman–Crippen LogP) is -9.87. The van der Waals surface area contributed by atoms with Gasteiger partial charge in [-0.2, -0.15) is 0 Å². The van der Waals surface area contributed by atoms with E-state index in [1.165, 1.54) is 9.13 Å². The number of halogens is 2. The first-order chi connectivity index (χ1) is 9.36. The van der Waals surface area contributed by atoms with Gasteiger partial charge >= 0.3 is 20.4 Å². The number of carboxylic acids is 2. The number of hydrogen-bond acceptors (Lipinski definition) is 4. The summed E-state index contributed by atoms with van der Waals surface area (Å²) in [6.45, 7) is -0.165.